The van der Waals surface area contributed by atoms with Crippen molar-refractivity contribution >= 4 is 5.91 Å². The van der Waals surface area contributed by atoms with Crippen molar-refractivity contribution in [3.63, 3.8) is 0 Å². The predicted octanol–water partition coefficient (Wildman–Crippen LogP) is 2.80. The molecule has 1 amide bonds. The maximum absolute atomic E-state index is 12.4. The van der Waals surface area contributed by atoms with Crippen LogP contribution in [0.1, 0.15) is 28.9 Å². The molecule has 1 saturated heterocycles. The highest BCUT2D eigenvalue weighted by Gasteiger charge is 2.37. The lowest BCUT2D eigenvalue weighted by Gasteiger charge is -2.19. The lowest BCUT2D eigenvalue weighted by Crippen LogP contribution is -2.25. The smallest absolute Gasteiger partial charge is 0.245 e. The Balaban J connectivity index is 1.91. The Morgan fingerprint density at radius 1 is 1.00 bits per heavy atom. The van der Waals surface area contributed by atoms with Crippen molar-refractivity contribution in [3.8, 4) is 0 Å². The van der Waals surface area contributed by atoms with Gasteiger partial charge in [0.2, 0.25) is 5.91 Å². The molecule has 2 aromatic carbocycles. The molecule has 1 N–H and O–H groups in total. The minimum atomic E-state index is -0.258. The van der Waals surface area contributed by atoms with Crippen LogP contribution in [-0.4, -0.2) is 17.9 Å². The van der Waals surface area contributed by atoms with Gasteiger partial charge in [-0.3, -0.25) is 10.1 Å². The van der Waals surface area contributed by atoms with Gasteiger partial charge in [-0.2, -0.15) is 0 Å². The van der Waals surface area contributed by atoms with Gasteiger partial charge in [0.25, 0.3) is 0 Å². The first-order chi connectivity index (χ1) is 9.66. The zero-order chi connectivity index (χ0) is 14.1. The number of benzene rings is 2. The van der Waals surface area contributed by atoms with Crippen LogP contribution >= 0.6 is 0 Å². The second-order valence-electron chi connectivity index (χ2n) is 5.28. The number of amides is 1. The molecule has 0 saturated carbocycles. The first-order valence-electron chi connectivity index (χ1n) is 6.81. The molecule has 2 aromatic rings. The highest BCUT2D eigenvalue weighted by molar-refractivity contribution is 5.85. The number of hydrogen-bond donors (Lipinski definition) is 1. The molecule has 0 bridgehead atoms. The predicted molar refractivity (Wildman–Crippen MR) is 79.0 cm³/mol. The summed E-state index contributed by atoms with van der Waals surface area (Å²) in [4.78, 5) is 14.2. The van der Waals surface area contributed by atoms with Crippen molar-refractivity contribution in [2.75, 3.05) is 7.05 Å². The summed E-state index contributed by atoms with van der Waals surface area (Å²) in [6.07, 6.45) is -0.0624. The van der Waals surface area contributed by atoms with Gasteiger partial charge in [0.1, 0.15) is 12.2 Å². The Labute approximate surface area is 119 Å². The average Bonchev–Trinajstić information content (AvgIpc) is 2.76. The van der Waals surface area contributed by atoms with Crippen LogP contribution in [0.5, 0.6) is 0 Å². The van der Waals surface area contributed by atoms with E-state index in [1.165, 1.54) is 5.56 Å². The summed E-state index contributed by atoms with van der Waals surface area (Å²) in [6, 6.07) is 17.9. The number of nitrogens with one attached hydrogen (secondary N) is 1. The van der Waals surface area contributed by atoms with E-state index in [2.05, 4.69) is 30.4 Å². The molecule has 3 heteroatoms. The van der Waals surface area contributed by atoms with Crippen LogP contribution in [0.4, 0.5) is 0 Å². The molecule has 3 rings (SSSR count). The minimum absolute atomic E-state index is 0.0624. The van der Waals surface area contributed by atoms with E-state index in [1.807, 2.05) is 43.4 Å². The molecular formula is C17H18N2O. The molecule has 3 nitrogen and oxygen atoms in total. The number of carbonyl (C=O) groups is 1. The van der Waals surface area contributed by atoms with E-state index in [9.17, 15) is 4.79 Å². The number of hydrogen-bond acceptors (Lipinski definition) is 2. The SMILES string of the molecule is Cc1cccc(C2NC(c3ccccc3)C(=O)N2C)c1. The minimum Gasteiger partial charge on any atom is -0.324 e. The van der Waals surface area contributed by atoms with Gasteiger partial charge in [0, 0.05) is 7.05 Å². The van der Waals surface area contributed by atoms with Gasteiger partial charge < -0.3 is 4.90 Å². The van der Waals surface area contributed by atoms with E-state index < -0.39 is 0 Å². The summed E-state index contributed by atoms with van der Waals surface area (Å²) in [5, 5.41) is 3.43. The van der Waals surface area contributed by atoms with Crippen molar-refractivity contribution in [2.45, 2.75) is 19.1 Å². The summed E-state index contributed by atoms with van der Waals surface area (Å²) in [5.74, 6) is 0.114. The zero-order valence-corrected chi connectivity index (χ0v) is 11.7. The normalized spacial score (nSPS) is 22.3. The van der Waals surface area contributed by atoms with Gasteiger partial charge in [-0.1, -0.05) is 60.2 Å². The highest BCUT2D eigenvalue weighted by Crippen LogP contribution is 2.31. The van der Waals surface area contributed by atoms with Crippen LogP contribution in [0, 0.1) is 6.92 Å². The number of aryl methyl sites for hydroxylation is 1. The molecule has 1 aliphatic rings. The van der Waals surface area contributed by atoms with E-state index in [-0.39, 0.29) is 18.1 Å². The van der Waals surface area contributed by atoms with Crippen LogP contribution in [0.15, 0.2) is 54.6 Å². The molecule has 2 atom stereocenters. The van der Waals surface area contributed by atoms with Gasteiger partial charge in [-0.05, 0) is 18.1 Å². The van der Waals surface area contributed by atoms with E-state index in [0.29, 0.717) is 0 Å². The Morgan fingerprint density at radius 2 is 1.70 bits per heavy atom. The monoisotopic (exact) mass is 266 g/mol. The van der Waals surface area contributed by atoms with Crippen LogP contribution in [0.3, 0.4) is 0 Å². The fourth-order valence-corrected chi connectivity index (χ4v) is 2.72. The summed E-state index contributed by atoms with van der Waals surface area (Å²) >= 11 is 0. The third-order valence-electron chi connectivity index (χ3n) is 3.80. The number of carbonyl (C=O) groups excluding carboxylic acids is 1. The quantitative estimate of drug-likeness (QED) is 0.906. The van der Waals surface area contributed by atoms with E-state index >= 15 is 0 Å². The standard InChI is InChI=1S/C17H18N2O/c1-12-7-6-10-14(11-12)16-18-15(17(20)19(16)2)13-8-4-3-5-9-13/h3-11,15-16,18H,1-2H3. The van der Waals surface area contributed by atoms with Gasteiger partial charge >= 0.3 is 0 Å². The van der Waals surface area contributed by atoms with Gasteiger partial charge in [-0.25, -0.2) is 0 Å². The van der Waals surface area contributed by atoms with Gasteiger partial charge in [-0.15, -0.1) is 0 Å². The molecule has 0 spiro atoms. The van der Waals surface area contributed by atoms with E-state index in [1.54, 1.807) is 4.90 Å². The fourth-order valence-electron chi connectivity index (χ4n) is 2.72. The molecule has 20 heavy (non-hydrogen) atoms. The van der Waals surface area contributed by atoms with Crippen LogP contribution < -0.4 is 5.32 Å². The third-order valence-corrected chi connectivity index (χ3v) is 3.80. The van der Waals surface area contributed by atoms with Crippen molar-refractivity contribution in [1.29, 1.82) is 0 Å². The molecule has 1 fully saturated rings. The van der Waals surface area contributed by atoms with Gasteiger partial charge in [0.05, 0.1) is 0 Å². The topological polar surface area (TPSA) is 32.3 Å². The molecular weight excluding hydrogens is 248 g/mol. The Morgan fingerprint density at radius 3 is 2.40 bits per heavy atom. The zero-order valence-electron chi connectivity index (χ0n) is 11.7. The molecule has 1 heterocycles. The Kier molecular flexibility index (Phi) is 3.28. The molecule has 1 aliphatic heterocycles. The molecule has 0 aromatic heterocycles. The second-order valence-corrected chi connectivity index (χ2v) is 5.28. The number of likely N-dealkylation sites (N-methyl/N-ethyl adjacent to an activating group) is 1. The maximum atomic E-state index is 12.4. The molecule has 0 aliphatic carbocycles. The van der Waals surface area contributed by atoms with Crippen LogP contribution in [0.25, 0.3) is 0 Å². The summed E-state index contributed by atoms with van der Waals surface area (Å²) in [5.41, 5.74) is 3.34. The molecule has 2 unspecified atom stereocenters. The molecule has 0 radical (unpaired) electrons. The second kappa shape index (κ2) is 5.10. The van der Waals surface area contributed by atoms with Gasteiger partial charge in [0.15, 0.2) is 0 Å². The lowest BCUT2D eigenvalue weighted by molar-refractivity contribution is -0.128. The van der Waals surface area contributed by atoms with Crippen LogP contribution in [-0.2, 0) is 4.79 Å². The first kappa shape index (κ1) is 12.9. The third kappa shape index (κ3) is 2.21. The largest absolute Gasteiger partial charge is 0.324 e. The average molecular weight is 266 g/mol. The Bertz CT molecular complexity index is 624. The van der Waals surface area contributed by atoms with Crippen molar-refractivity contribution in [1.82, 2.24) is 10.2 Å². The van der Waals surface area contributed by atoms with Crippen molar-refractivity contribution in [3.05, 3.63) is 71.3 Å². The fraction of sp³-hybridized carbons (Fsp3) is 0.235. The summed E-state index contributed by atoms with van der Waals surface area (Å²) < 4.78 is 0. The molecule has 102 valence electrons. The Hall–Kier alpha value is -2.13. The summed E-state index contributed by atoms with van der Waals surface area (Å²) in [7, 11) is 1.85. The first-order valence-corrected chi connectivity index (χ1v) is 6.81. The van der Waals surface area contributed by atoms with Crippen molar-refractivity contribution in [2.24, 2.45) is 0 Å². The van der Waals surface area contributed by atoms with E-state index in [4.69, 9.17) is 0 Å². The summed E-state index contributed by atoms with van der Waals surface area (Å²) in [6.45, 7) is 2.06. The maximum Gasteiger partial charge on any atom is 0.245 e. The number of nitrogens with zero attached hydrogens (tertiary/aromatic N) is 1. The lowest BCUT2D eigenvalue weighted by atomic mass is 10.1. The van der Waals surface area contributed by atoms with Crippen molar-refractivity contribution < 1.29 is 4.79 Å². The highest BCUT2D eigenvalue weighted by atomic mass is 16.2. The number of rotatable bonds is 2. The van der Waals surface area contributed by atoms with Crippen LogP contribution in [0.2, 0.25) is 0 Å². The van der Waals surface area contributed by atoms with E-state index in [0.717, 1.165) is 11.1 Å².